The Labute approximate surface area is 183 Å². The molecule has 5 aromatic rings. The lowest BCUT2D eigenvalue weighted by Gasteiger charge is -2.26. The molecule has 150 valence electrons. The van der Waals surface area contributed by atoms with Gasteiger partial charge in [0.25, 0.3) is 0 Å². The number of benzene rings is 5. The lowest BCUT2D eigenvalue weighted by atomic mass is 10.1. The van der Waals surface area contributed by atoms with Crippen LogP contribution in [0.15, 0.2) is 115 Å². The van der Waals surface area contributed by atoms with Gasteiger partial charge in [0.2, 0.25) is 0 Å². The van der Waals surface area contributed by atoms with Crippen LogP contribution in [-0.2, 0) is 0 Å². The van der Waals surface area contributed by atoms with Crippen molar-refractivity contribution in [3.63, 3.8) is 0 Å². The highest BCUT2D eigenvalue weighted by atomic mass is 15.1. The summed E-state index contributed by atoms with van der Waals surface area (Å²) in [6.07, 6.45) is 5.42. The van der Waals surface area contributed by atoms with Crippen molar-refractivity contribution in [2.75, 3.05) is 4.90 Å². The molecule has 0 aliphatic carbocycles. The van der Waals surface area contributed by atoms with E-state index in [4.69, 9.17) is 0 Å². The molecule has 0 saturated carbocycles. The number of hydrogen-bond acceptors (Lipinski definition) is 1. The van der Waals surface area contributed by atoms with E-state index in [1.165, 1.54) is 27.1 Å². The monoisotopic (exact) mass is 399 g/mol. The molecule has 0 radical (unpaired) electrons. The Morgan fingerprint density at radius 3 is 1.55 bits per heavy atom. The Morgan fingerprint density at radius 2 is 1.03 bits per heavy atom. The van der Waals surface area contributed by atoms with E-state index in [0.717, 1.165) is 23.5 Å². The second-order valence-electron chi connectivity index (χ2n) is 7.80. The lowest BCUT2D eigenvalue weighted by molar-refractivity contribution is 1.23. The Morgan fingerprint density at radius 1 is 0.548 bits per heavy atom. The molecule has 0 atom stereocenters. The first kappa shape index (κ1) is 19.1. The van der Waals surface area contributed by atoms with Crippen LogP contribution >= 0.6 is 0 Å². The van der Waals surface area contributed by atoms with Gasteiger partial charge in [0.1, 0.15) is 0 Å². The van der Waals surface area contributed by atoms with Crippen molar-refractivity contribution >= 4 is 44.7 Å². The van der Waals surface area contributed by atoms with E-state index in [0.29, 0.717) is 0 Å². The smallest absolute Gasteiger partial charge is 0.0468 e. The van der Waals surface area contributed by atoms with E-state index < -0.39 is 0 Å². The van der Waals surface area contributed by atoms with E-state index >= 15 is 0 Å². The molecule has 0 spiro atoms. The molecule has 0 aromatic heterocycles. The van der Waals surface area contributed by atoms with Crippen molar-refractivity contribution in [1.29, 1.82) is 0 Å². The fourth-order valence-corrected chi connectivity index (χ4v) is 4.07. The first-order chi connectivity index (χ1) is 15.3. The van der Waals surface area contributed by atoms with Gasteiger partial charge in [0.05, 0.1) is 0 Å². The topological polar surface area (TPSA) is 3.24 Å². The minimum absolute atomic E-state index is 1.04. The molecule has 0 heterocycles. The summed E-state index contributed by atoms with van der Waals surface area (Å²) in [7, 11) is 0. The minimum Gasteiger partial charge on any atom is -0.310 e. The summed E-state index contributed by atoms with van der Waals surface area (Å²) in [4.78, 5) is 2.34. The van der Waals surface area contributed by atoms with Crippen LogP contribution in [-0.4, -0.2) is 0 Å². The Balaban J connectivity index is 1.65. The number of anilines is 3. The van der Waals surface area contributed by atoms with Crippen molar-refractivity contribution in [1.82, 2.24) is 0 Å². The van der Waals surface area contributed by atoms with Crippen molar-refractivity contribution < 1.29 is 0 Å². The lowest BCUT2D eigenvalue weighted by Crippen LogP contribution is -2.09. The summed E-state index contributed by atoms with van der Waals surface area (Å²) in [5.41, 5.74) is 4.69. The van der Waals surface area contributed by atoms with Gasteiger partial charge in [-0.1, -0.05) is 91.9 Å². The summed E-state index contributed by atoms with van der Waals surface area (Å²) < 4.78 is 0. The van der Waals surface area contributed by atoms with E-state index in [9.17, 15) is 0 Å². The van der Waals surface area contributed by atoms with E-state index in [2.05, 4.69) is 133 Å². The second-order valence-corrected chi connectivity index (χ2v) is 7.80. The molecular formula is C30H25N. The van der Waals surface area contributed by atoms with Gasteiger partial charge in [-0.2, -0.15) is 0 Å². The number of hydrogen-bond donors (Lipinski definition) is 0. The summed E-state index contributed by atoms with van der Waals surface area (Å²) in [6.45, 7) is 2.16. The molecule has 0 bridgehead atoms. The van der Waals surface area contributed by atoms with Crippen LogP contribution < -0.4 is 4.90 Å². The third kappa shape index (κ3) is 3.95. The Bertz CT molecular complexity index is 1280. The summed E-state index contributed by atoms with van der Waals surface area (Å²) >= 11 is 0. The van der Waals surface area contributed by atoms with Crippen molar-refractivity contribution in [3.8, 4) is 0 Å². The SMILES string of the molecule is CCC=Cc1ccc(N(c2ccc3ccccc3c2)c2ccc3ccccc3c2)cc1. The molecule has 0 unspecified atom stereocenters. The van der Waals surface area contributed by atoms with Gasteiger partial charge in [-0.25, -0.2) is 0 Å². The molecule has 0 amide bonds. The van der Waals surface area contributed by atoms with Crippen LogP contribution in [0.3, 0.4) is 0 Å². The van der Waals surface area contributed by atoms with Crippen molar-refractivity contribution in [2.24, 2.45) is 0 Å². The van der Waals surface area contributed by atoms with Crippen LogP contribution in [0.2, 0.25) is 0 Å². The predicted molar refractivity (Wildman–Crippen MR) is 135 cm³/mol. The fourth-order valence-electron chi connectivity index (χ4n) is 4.07. The maximum absolute atomic E-state index is 2.34. The fraction of sp³-hybridized carbons (Fsp3) is 0.0667. The maximum Gasteiger partial charge on any atom is 0.0468 e. The molecule has 0 aliphatic heterocycles. The summed E-state index contributed by atoms with van der Waals surface area (Å²) in [5.74, 6) is 0. The molecule has 1 heteroatoms. The van der Waals surface area contributed by atoms with Crippen LogP contribution in [0.4, 0.5) is 17.1 Å². The average molecular weight is 400 g/mol. The molecule has 0 N–H and O–H groups in total. The number of fused-ring (bicyclic) bond motifs is 2. The second kappa shape index (κ2) is 8.49. The first-order valence-corrected chi connectivity index (χ1v) is 10.9. The molecule has 0 saturated heterocycles. The van der Waals surface area contributed by atoms with Crippen molar-refractivity contribution in [2.45, 2.75) is 13.3 Å². The van der Waals surface area contributed by atoms with Gasteiger partial charge in [0.15, 0.2) is 0 Å². The Kier molecular flexibility index (Phi) is 5.24. The standard InChI is InChI=1S/C30H25N/c1-2-3-8-23-13-17-28(18-14-23)31(29-19-15-24-9-4-6-11-26(24)21-29)30-20-16-25-10-5-7-12-27(25)22-30/h3-22H,2H2,1H3. The highest BCUT2D eigenvalue weighted by molar-refractivity contribution is 5.92. The first-order valence-electron chi connectivity index (χ1n) is 10.9. The third-order valence-corrected chi connectivity index (χ3v) is 5.68. The molecular weight excluding hydrogens is 374 g/mol. The average Bonchev–Trinajstić information content (AvgIpc) is 2.83. The van der Waals surface area contributed by atoms with Gasteiger partial charge in [0, 0.05) is 17.1 Å². The van der Waals surface area contributed by atoms with E-state index in [-0.39, 0.29) is 0 Å². The van der Waals surface area contributed by atoms with Crippen molar-refractivity contribution in [3.05, 3.63) is 121 Å². The quantitative estimate of drug-likeness (QED) is 0.285. The van der Waals surface area contributed by atoms with E-state index in [1.807, 2.05) is 0 Å². The maximum atomic E-state index is 2.34. The van der Waals surface area contributed by atoms with E-state index in [1.54, 1.807) is 0 Å². The summed E-state index contributed by atoms with van der Waals surface area (Å²) in [5, 5.41) is 5.00. The van der Waals surface area contributed by atoms with Gasteiger partial charge in [-0.3, -0.25) is 0 Å². The zero-order chi connectivity index (χ0) is 21.0. The number of allylic oxidation sites excluding steroid dienone is 1. The van der Waals surface area contributed by atoms with Gasteiger partial charge in [-0.05, 0) is 69.9 Å². The normalized spacial score (nSPS) is 11.4. The molecule has 31 heavy (non-hydrogen) atoms. The molecule has 1 nitrogen and oxygen atoms in total. The van der Waals surface area contributed by atoms with Gasteiger partial charge in [-0.15, -0.1) is 0 Å². The van der Waals surface area contributed by atoms with Gasteiger partial charge >= 0.3 is 0 Å². The highest BCUT2D eigenvalue weighted by Crippen LogP contribution is 2.37. The van der Waals surface area contributed by atoms with Crippen LogP contribution in [0, 0.1) is 0 Å². The largest absolute Gasteiger partial charge is 0.310 e. The predicted octanol–water partition coefficient (Wildman–Crippen LogP) is 8.89. The number of rotatable bonds is 5. The van der Waals surface area contributed by atoms with Crippen LogP contribution in [0.1, 0.15) is 18.9 Å². The highest BCUT2D eigenvalue weighted by Gasteiger charge is 2.13. The van der Waals surface area contributed by atoms with Crippen LogP contribution in [0.5, 0.6) is 0 Å². The molecule has 5 rings (SSSR count). The molecule has 0 fully saturated rings. The van der Waals surface area contributed by atoms with Gasteiger partial charge < -0.3 is 4.90 Å². The molecule has 5 aromatic carbocycles. The third-order valence-electron chi connectivity index (χ3n) is 5.68. The van der Waals surface area contributed by atoms with Crippen LogP contribution in [0.25, 0.3) is 27.6 Å². The Hall–Kier alpha value is -3.84. The number of nitrogens with zero attached hydrogens (tertiary/aromatic N) is 1. The summed E-state index contributed by atoms with van der Waals surface area (Å²) in [6, 6.07) is 39.2. The zero-order valence-electron chi connectivity index (χ0n) is 17.7. The minimum atomic E-state index is 1.04. The zero-order valence-corrected chi connectivity index (χ0v) is 17.7. The molecule has 0 aliphatic rings.